The van der Waals surface area contributed by atoms with Crippen LogP contribution in [0.4, 0.5) is 0 Å². The normalized spacial score (nSPS) is 14.1. The summed E-state index contributed by atoms with van der Waals surface area (Å²) in [4.78, 5) is 3.06. The molecule has 0 radical (unpaired) electrons. The second-order valence-electron chi connectivity index (χ2n) is 5.35. The highest BCUT2D eigenvalue weighted by Crippen LogP contribution is 2.26. The molecule has 0 N–H and O–H groups in total. The molecule has 2 rings (SSSR count). The van der Waals surface area contributed by atoms with Gasteiger partial charge in [0.05, 0.1) is 0 Å². The van der Waals surface area contributed by atoms with Gasteiger partial charge in [-0.25, -0.2) is 0 Å². The summed E-state index contributed by atoms with van der Waals surface area (Å²) in [5.74, 6) is 0. The molecule has 0 spiro atoms. The van der Waals surface area contributed by atoms with Gasteiger partial charge in [0.1, 0.15) is 0 Å². The fourth-order valence-corrected chi connectivity index (χ4v) is 3.24. The third-order valence-corrected chi connectivity index (χ3v) is 5.31. The summed E-state index contributed by atoms with van der Waals surface area (Å²) >= 11 is 12.2. The van der Waals surface area contributed by atoms with Gasteiger partial charge in [0.15, 0.2) is 0 Å². The maximum absolute atomic E-state index is 11.4. The van der Waals surface area contributed by atoms with Crippen molar-refractivity contribution in [2.24, 2.45) is 0 Å². The molecule has 22 heavy (non-hydrogen) atoms. The molecule has 0 saturated carbocycles. The zero-order chi connectivity index (χ0) is 16.3. The minimum absolute atomic E-state index is 0.228. The van der Waals surface area contributed by atoms with E-state index in [4.69, 9.17) is 23.2 Å². The molecule has 5 heteroatoms. The average molecular weight is 356 g/mol. The van der Waals surface area contributed by atoms with E-state index < -0.39 is 10.8 Å². The van der Waals surface area contributed by atoms with Crippen LogP contribution in [0, 0.1) is 0 Å². The highest BCUT2D eigenvalue weighted by atomic mass is 35.5. The summed E-state index contributed by atoms with van der Waals surface area (Å²) in [7, 11) is 1.12. The van der Waals surface area contributed by atoms with Crippen molar-refractivity contribution in [1.82, 2.24) is 4.90 Å². The van der Waals surface area contributed by atoms with Crippen LogP contribution in [-0.4, -0.2) is 22.4 Å². The lowest BCUT2D eigenvalue weighted by atomic mass is 10.1. The van der Waals surface area contributed by atoms with E-state index in [1.807, 2.05) is 36.4 Å². The van der Waals surface area contributed by atoms with Crippen LogP contribution in [0.3, 0.4) is 0 Å². The lowest BCUT2D eigenvalue weighted by Gasteiger charge is -2.25. The first-order chi connectivity index (χ1) is 10.4. The van der Waals surface area contributed by atoms with E-state index >= 15 is 0 Å². The molecule has 0 saturated heterocycles. The Kier molecular flexibility index (Phi) is 6.04. The number of rotatable bonds is 5. The maximum Gasteiger partial charge on any atom is 0.0498 e. The molecule has 0 unspecified atom stereocenters. The Morgan fingerprint density at radius 3 is 2.32 bits per heavy atom. The Bertz CT molecular complexity index is 673. The summed E-state index contributed by atoms with van der Waals surface area (Å²) in [6, 6.07) is 13.7. The highest BCUT2D eigenvalue weighted by molar-refractivity contribution is 7.84. The van der Waals surface area contributed by atoms with Crippen LogP contribution in [0.1, 0.15) is 24.1 Å². The van der Waals surface area contributed by atoms with Gasteiger partial charge in [-0.3, -0.25) is 9.11 Å². The van der Waals surface area contributed by atoms with Crippen molar-refractivity contribution in [3.63, 3.8) is 0 Å². The zero-order valence-electron chi connectivity index (χ0n) is 12.8. The largest absolute Gasteiger partial charge is 0.295 e. The van der Waals surface area contributed by atoms with Crippen LogP contribution in [0.15, 0.2) is 47.4 Å². The van der Waals surface area contributed by atoms with Gasteiger partial charge in [-0.15, -0.1) is 0 Å². The monoisotopic (exact) mass is 355 g/mol. The second kappa shape index (κ2) is 7.60. The molecule has 0 amide bonds. The van der Waals surface area contributed by atoms with E-state index in [0.717, 1.165) is 17.0 Å². The van der Waals surface area contributed by atoms with Crippen molar-refractivity contribution in [3.8, 4) is 0 Å². The number of hydrogen-bond donors (Lipinski definition) is 0. The molecule has 2 atom stereocenters. The first-order valence-corrected chi connectivity index (χ1v) is 9.27. The Labute approximate surface area is 144 Å². The fourth-order valence-electron chi connectivity index (χ4n) is 2.25. The molecule has 0 aliphatic carbocycles. The lowest BCUT2D eigenvalue weighted by Crippen LogP contribution is -2.22. The van der Waals surface area contributed by atoms with Gasteiger partial charge in [-0.1, -0.05) is 41.4 Å². The predicted octanol–water partition coefficient (Wildman–Crippen LogP) is 4.92. The standard InChI is InChI=1S/C17H19Cl2NOS/c1-12(13-5-8-16(9-6-13)22(3)21)20(2)11-14-4-7-15(18)10-17(14)19/h4-10,12H,11H2,1-3H3/t12-,22-/m0/s1. The van der Waals surface area contributed by atoms with Gasteiger partial charge in [-0.05, 0) is 49.4 Å². The molecule has 2 aromatic rings. The molecular formula is C17H19Cl2NOS. The average Bonchev–Trinajstić information content (AvgIpc) is 2.49. The molecule has 2 nitrogen and oxygen atoms in total. The second-order valence-corrected chi connectivity index (χ2v) is 7.57. The Morgan fingerprint density at radius 2 is 1.77 bits per heavy atom. The summed E-state index contributed by atoms with van der Waals surface area (Å²) in [5.41, 5.74) is 2.23. The van der Waals surface area contributed by atoms with Gasteiger partial charge < -0.3 is 0 Å². The Hall–Kier alpha value is -0.870. The number of halogens is 2. The van der Waals surface area contributed by atoms with Crippen LogP contribution in [-0.2, 0) is 17.3 Å². The molecular weight excluding hydrogens is 337 g/mol. The summed E-state index contributed by atoms with van der Waals surface area (Å²) < 4.78 is 11.4. The van der Waals surface area contributed by atoms with Crippen LogP contribution in [0.5, 0.6) is 0 Å². The van der Waals surface area contributed by atoms with E-state index in [2.05, 4.69) is 18.9 Å². The molecule has 118 valence electrons. The van der Waals surface area contributed by atoms with Gasteiger partial charge in [0.25, 0.3) is 0 Å². The van der Waals surface area contributed by atoms with Crippen molar-refractivity contribution >= 4 is 34.0 Å². The topological polar surface area (TPSA) is 20.3 Å². The SMILES string of the molecule is C[C@@H](c1ccc([S@](C)=O)cc1)N(C)Cc1ccc(Cl)cc1Cl. The Balaban J connectivity index is 2.11. The van der Waals surface area contributed by atoms with Gasteiger partial charge in [0.2, 0.25) is 0 Å². The smallest absolute Gasteiger partial charge is 0.0498 e. The quantitative estimate of drug-likeness (QED) is 0.758. The minimum atomic E-state index is -0.942. The summed E-state index contributed by atoms with van der Waals surface area (Å²) in [6.45, 7) is 2.88. The predicted molar refractivity (Wildman–Crippen MR) is 95.1 cm³/mol. The third-order valence-electron chi connectivity index (χ3n) is 3.79. The molecule has 0 aromatic heterocycles. The van der Waals surface area contributed by atoms with Crippen molar-refractivity contribution in [2.75, 3.05) is 13.3 Å². The van der Waals surface area contributed by atoms with Crippen molar-refractivity contribution in [1.29, 1.82) is 0 Å². The van der Waals surface area contributed by atoms with Crippen LogP contribution in [0.2, 0.25) is 10.0 Å². The highest BCUT2D eigenvalue weighted by Gasteiger charge is 2.14. The van der Waals surface area contributed by atoms with Crippen LogP contribution < -0.4 is 0 Å². The molecule has 0 aliphatic rings. The van der Waals surface area contributed by atoms with E-state index in [1.54, 1.807) is 12.3 Å². The van der Waals surface area contributed by atoms with Crippen LogP contribution in [0.25, 0.3) is 0 Å². The molecule has 2 aromatic carbocycles. The van der Waals surface area contributed by atoms with Crippen molar-refractivity contribution in [3.05, 3.63) is 63.6 Å². The molecule has 0 fully saturated rings. The fraction of sp³-hybridized carbons (Fsp3) is 0.294. The van der Waals surface area contributed by atoms with Crippen LogP contribution >= 0.6 is 23.2 Å². The number of nitrogens with zero attached hydrogens (tertiary/aromatic N) is 1. The maximum atomic E-state index is 11.4. The van der Waals surface area contributed by atoms with Crippen molar-refractivity contribution in [2.45, 2.75) is 24.4 Å². The Morgan fingerprint density at radius 1 is 1.14 bits per heavy atom. The molecule has 0 aliphatic heterocycles. The van der Waals surface area contributed by atoms with Gasteiger partial charge in [-0.2, -0.15) is 0 Å². The third kappa shape index (κ3) is 4.32. The van der Waals surface area contributed by atoms with Gasteiger partial charge >= 0.3 is 0 Å². The summed E-state index contributed by atoms with van der Waals surface area (Å²) in [6.07, 6.45) is 1.69. The van der Waals surface area contributed by atoms with E-state index in [-0.39, 0.29) is 6.04 Å². The number of hydrogen-bond acceptors (Lipinski definition) is 2. The summed E-state index contributed by atoms with van der Waals surface area (Å²) in [5, 5.41) is 1.33. The number of benzene rings is 2. The van der Waals surface area contributed by atoms with Crippen molar-refractivity contribution < 1.29 is 4.21 Å². The minimum Gasteiger partial charge on any atom is -0.295 e. The molecule has 0 bridgehead atoms. The van der Waals surface area contributed by atoms with Gasteiger partial charge in [0, 0.05) is 44.6 Å². The first kappa shape index (κ1) is 17.5. The van der Waals surface area contributed by atoms with E-state index in [1.165, 1.54) is 5.56 Å². The molecule has 0 heterocycles. The van der Waals surface area contributed by atoms with E-state index in [9.17, 15) is 4.21 Å². The zero-order valence-corrected chi connectivity index (χ0v) is 15.2. The van der Waals surface area contributed by atoms with E-state index in [0.29, 0.717) is 10.0 Å². The lowest BCUT2D eigenvalue weighted by molar-refractivity contribution is 0.253. The first-order valence-electron chi connectivity index (χ1n) is 6.96.